The van der Waals surface area contributed by atoms with Gasteiger partial charge in [-0.15, -0.1) is 0 Å². The molecule has 0 aliphatic rings. The molecule has 0 aliphatic heterocycles. The number of carbonyl (C=O) groups is 1. The lowest BCUT2D eigenvalue weighted by Gasteiger charge is -2.19. The van der Waals surface area contributed by atoms with Crippen molar-refractivity contribution in [3.8, 4) is 0 Å². The van der Waals surface area contributed by atoms with Crippen molar-refractivity contribution in [2.75, 3.05) is 18.4 Å². The second-order valence-electron chi connectivity index (χ2n) is 6.51. The van der Waals surface area contributed by atoms with Crippen molar-refractivity contribution < 1.29 is 13.2 Å². The number of amides is 1. The van der Waals surface area contributed by atoms with E-state index in [2.05, 4.69) is 10.4 Å². The molecule has 158 valence electrons. The summed E-state index contributed by atoms with van der Waals surface area (Å²) in [5.74, 6) is -0.574. The molecule has 0 saturated heterocycles. The van der Waals surface area contributed by atoms with E-state index in [0.29, 0.717) is 23.9 Å². The van der Waals surface area contributed by atoms with Gasteiger partial charge in [-0.05, 0) is 24.3 Å². The van der Waals surface area contributed by atoms with Gasteiger partial charge < -0.3 is 5.32 Å². The Morgan fingerprint density at radius 2 is 1.77 bits per heavy atom. The first-order valence-electron chi connectivity index (χ1n) is 9.27. The molecule has 1 N–H and O–H groups in total. The van der Waals surface area contributed by atoms with Crippen LogP contribution in [0.1, 0.15) is 24.3 Å². The van der Waals surface area contributed by atoms with Crippen molar-refractivity contribution >= 4 is 44.0 Å². The van der Waals surface area contributed by atoms with Crippen LogP contribution in [-0.4, -0.2) is 41.5 Å². The lowest BCUT2D eigenvalue weighted by molar-refractivity contribution is 0.102. The minimum atomic E-state index is -3.81. The maximum Gasteiger partial charge on any atom is 0.276 e. The van der Waals surface area contributed by atoms with E-state index in [1.54, 1.807) is 38.1 Å². The Morgan fingerprint density at radius 1 is 1.13 bits per heavy atom. The van der Waals surface area contributed by atoms with Crippen LogP contribution in [0.25, 0.3) is 10.8 Å². The molecule has 0 fully saturated rings. The third-order valence-corrected chi connectivity index (χ3v) is 7.22. The summed E-state index contributed by atoms with van der Waals surface area (Å²) in [4.78, 5) is 25.1. The van der Waals surface area contributed by atoms with Crippen LogP contribution in [0.15, 0.2) is 52.2 Å². The highest BCUT2D eigenvalue weighted by atomic mass is 35.5. The minimum absolute atomic E-state index is 0.0517. The van der Waals surface area contributed by atoms with E-state index in [4.69, 9.17) is 11.6 Å². The molecule has 0 aliphatic carbocycles. The predicted molar refractivity (Wildman–Crippen MR) is 116 cm³/mol. The maximum atomic E-state index is 12.9. The number of nitrogens with one attached hydrogen (secondary N) is 1. The Labute approximate surface area is 179 Å². The first-order chi connectivity index (χ1) is 14.2. The van der Waals surface area contributed by atoms with Gasteiger partial charge >= 0.3 is 0 Å². The van der Waals surface area contributed by atoms with Gasteiger partial charge in [-0.1, -0.05) is 43.6 Å². The lowest BCUT2D eigenvalue weighted by atomic mass is 10.1. The number of halogens is 1. The molecule has 0 spiro atoms. The van der Waals surface area contributed by atoms with E-state index in [-0.39, 0.29) is 26.9 Å². The number of nitrogens with zero attached hydrogens (tertiary/aromatic N) is 3. The number of anilines is 1. The Hall–Kier alpha value is -2.75. The smallest absolute Gasteiger partial charge is 0.276 e. The number of benzene rings is 2. The van der Waals surface area contributed by atoms with Crippen LogP contribution in [-0.2, 0) is 17.1 Å². The van der Waals surface area contributed by atoms with Crippen LogP contribution >= 0.6 is 11.6 Å². The summed E-state index contributed by atoms with van der Waals surface area (Å²) >= 11 is 6.14. The summed E-state index contributed by atoms with van der Waals surface area (Å²) in [5, 5.41) is 7.56. The van der Waals surface area contributed by atoms with E-state index in [1.807, 2.05) is 0 Å². The summed E-state index contributed by atoms with van der Waals surface area (Å²) in [6.45, 7) is 4.05. The quantitative estimate of drug-likeness (QED) is 0.624. The molecule has 30 heavy (non-hydrogen) atoms. The van der Waals surface area contributed by atoms with Crippen LogP contribution in [0.2, 0.25) is 5.02 Å². The molecule has 0 radical (unpaired) electrons. The number of hydrogen-bond acceptors (Lipinski definition) is 5. The van der Waals surface area contributed by atoms with Gasteiger partial charge in [-0.2, -0.15) is 9.40 Å². The zero-order chi connectivity index (χ0) is 22.1. The second kappa shape index (κ2) is 8.55. The third kappa shape index (κ3) is 3.96. The molecule has 3 aromatic rings. The lowest BCUT2D eigenvalue weighted by Crippen LogP contribution is -2.31. The number of aryl methyl sites for hydroxylation is 1. The number of sulfonamides is 1. The van der Waals surface area contributed by atoms with Crippen LogP contribution < -0.4 is 10.9 Å². The average molecular weight is 449 g/mol. The van der Waals surface area contributed by atoms with Gasteiger partial charge in [-0.25, -0.2) is 13.1 Å². The topological polar surface area (TPSA) is 101 Å². The molecular formula is C20H21ClN4O4S. The van der Waals surface area contributed by atoms with Crippen molar-refractivity contribution in [2.24, 2.45) is 7.05 Å². The molecule has 2 aromatic carbocycles. The van der Waals surface area contributed by atoms with Crippen molar-refractivity contribution in [2.45, 2.75) is 18.7 Å². The van der Waals surface area contributed by atoms with Gasteiger partial charge in [0.1, 0.15) is 4.90 Å². The van der Waals surface area contributed by atoms with Crippen molar-refractivity contribution in [1.82, 2.24) is 14.1 Å². The summed E-state index contributed by atoms with van der Waals surface area (Å²) in [7, 11) is -2.35. The Morgan fingerprint density at radius 3 is 2.40 bits per heavy atom. The Balaban J connectivity index is 2.03. The molecule has 0 atom stereocenters. The number of fused-ring (bicyclic) bond motifs is 1. The zero-order valence-corrected chi connectivity index (χ0v) is 18.3. The van der Waals surface area contributed by atoms with Gasteiger partial charge in [-0.3, -0.25) is 9.59 Å². The second-order valence-corrected chi connectivity index (χ2v) is 8.83. The molecule has 0 bridgehead atoms. The maximum absolute atomic E-state index is 12.9. The number of hydrogen-bond donors (Lipinski definition) is 1. The molecule has 1 heterocycles. The van der Waals surface area contributed by atoms with Crippen LogP contribution in [0, 0.1) is 0 Å². The van der Waals surface area contributed by atoms with Crippen molar-refractivity contribution in [3.05, 3.63) is 63.5 Å². The Bertz CT molecular complexity index is 1280. The molecule has 3 rings (SSSR count). The van der Waals surface area contributed by atoms with E-state index < -0.39 is 15.9 Å². The number of rotatable bonds is 6. The average Bonchev–Trinajstić information content (AvgIpc) is 2.72. The molecule has 0 unspecified atom stereocenters. The normalized spacial score (nSPS) is 11.8. The largest absolute Gasteiger partial charge is 0.321 e. The van der Waals surface area contributed by atoms with Crippen LogP contribution in [0.3, 0.4) is 0 Å². The fourth-order valence-corrected chi connectivity index (χ4v) is 5.10. The standard InChI is InChI=1S/C20H21ClN4O4S/c1-4-25(5-2)30(28,29)17-12-13(10-11-16(17)21)22-19(26)18-14-8-6-7-9-15(14)20(27)24(3)23-18/h6-12H,4-5H2,1-3H3,(H,22,26). The molecule has 1 amide bonds. The summed E-state index contributed by atoms with van der Waals surface area (Å²) in [6, 6.07) is 10.9. The molecular weight excluding hydrogens is 428 g/mol. The molecule has 8 nitrogen and oxygen atoms in total. The van der Waals surface area contributed by atoms with Crippen LogP contribution in [0.4, 0.5) is 5.69 Å². The van der Waals surface area contributed by atoms with Gasteiger partial charge in [0.2, 0.25) is 10.0 Å². The highest BCUT2D eigenvalue weighted by Gasteiger charge is 2.25. The van der Waals surface area contributed by atoms with E-state index in [0.717, 1.165) is 4.68 Å². The first-order valence-corrected chi connectivity index (χ1v) is 11.1. The fourth-order valence-electron chi connectivity index (χ4n) is 3.14. The zero-order valence-electron chi connectivity index (χ0n) is 16.7. The van der Waals surface area contributed by atoms with Gasteiger partial charge in [0.15, 0.2) is 5.69 Å². The first kappa shape index (κ1) is 21.9. The third-order valence-electron chi connectivity index (χ3n) is 4.68. The van der Waals surface area contributed by atoms with Crippen molar-refractivity contribution in [1.29, 1.82) is 0 Å². The van der Waals surface area contributed by atoms with Gasteiger partial charge in [0.05, 0.1) is 10.4 Å². The summed E-state index contributed by atoms with van der Waals surface area (Å²) in [5.41, 5.74) is -0.0214. The SMILES string of the molecule is CCN(CC)S(=O)(=O)c1cc(NC(=O)c2nn(C)c(=O)c3ccccc23)ccc1Cl. The minimum Gasteiger partial charge on any atom is -0.321 e. The number of aromatic nitrogens is 2. The highest BCUT2D eigenvalue weighted by Crippen LogP contribution is 2.28. The molecule has 1 aromatic heterocycles. The summed E-state index contributed by atoms with van der Waals surface area (Å²) in [6.07, 6.45) is 0. The predicted octanol–water partition coefficient (Wildman–Crippen LogP) is 2.87. The van der Waals surface area contributed by atoms with Crippen molar-refractivity contribution in [3.63, 3.8) is 0 Å². The van der Waals surface area contributed by atoms with Crippen LogP contribution in [0.5, 0.6) is 0 Å². The van der Waals surface area contributed by atoms with E-state index in [1.165, 1.54) is 29.6 Å². The Kier molecular flexibility index (Phi) is 6.25. The van der Waals surface area contributed by atoms with Gasteiger partial charge in [0, 0.05) is 31.2 Å². The van der Waals surface area contributed by atoms with Gasteiger partial charge in [0.25, 0.3) is 11.5 Å². The summed E-state index contributed by atoms with van der Waals surface area (Å²) < 4.78 is 28.1. The fraction of sp³-hybridized carbons (Fsp3) is 0.250. The monoisotopic (exact) mass is 448 g/mol. The molecule has 10 heteroatoms. The highest BCUT2D eigenvalue weighted by molar-refractivity contribution is 7.89. The van der Waals surface area contributed by atoms with E-state index in [9.17, 15) is 18.0 Å². The van der Waals surface area contributed by atoms with E-state index >= 15 is 0 Å². The molecule has 0 saturated carbocycles. The number of carbonyl (C=O) groups excluding carboxylic acids is 1.